The molecule has 3 aliphatic heterocycles. The fourth-order valence-electron chi connectivity index (χ4n) is 4.22. The molecule has 4 nitrogen and oxygen atoms in total. The Bertz CT molecular complexity index is 873. The van der Waals surface area contributed by atoms with Gasteiger partial charge in [0.1, 0.15) is 5.75 Å². The lowest BCUT2D eigenvalue weighted by molar-refractivity contribution is 0.0628. The molecule has 2 aromatic carbocycles. The predicted octanol–water partition coefficient (Wildman–Crippen LogP) is 4.06. The Kier molecular flexibility index (Phi) is 5.75. The minimum absolute atomic E-state index is 0.164. The Morgan fingerprint density at radius 1 is 1.00 bits per heavy atom. The number of rotatable bonds is 4. The van der Waals surface area contributed by atoms with Crippen LogP contribution in [0.4, 0.5) is 0 Å². The zero-order valence-electron chi connectivity index (χ0n) is 16.5. The van der Waals surface area contributed by atoms with Gasteiger partial charge in [0.25, 0.3) is 5.91 Å². The highest BCUT2D eigenvalue weighted by Gasteiger charge is 2.24. The molecule has 0 bridgehead atoms. The van der Waals surface area contributed by atoms with Gasteiger partial charge in [-0.15, -0.1) is 23.5 Å². The van der Waals surface area contributed by atoms with Crippen LogP contribution in [0.5, 0.6) is 5.75 Å². The summed E-state index contributed by atoms with van der Waals surface area (Å²) in [5, 5.41) is 0. The van der Waals surface area contributed by atoms with Crippen molar-refractivity contribution in [3.8, 4) is 5.75 Å². The number of fused-ring (bicyclic) bond motifs is 1. The van der Waals surface area contributed by atoms with Gasteiger partial charge in [0.2, 0.25) is 0 Å². The minimum atomic E-state index is 0.164. The van der Waals surface area contributed by atoms with Crippen LogP contribution in [0.3, 0.4) is 0 Å². The molecule has 3 aliphatic rings. The molecule has 1 amide bonds. The molecule has 0 aromatic heterocycles. The molecule has 0 unspecified atom stereocenters. The molecule has 0 aliphatic carbocycles. The third-order valence-electron chi connectivity index (χ3n) is 5.87. The van der Waals surface area contributed by atoms with E-state index in [-0.39, 0.29) is 5.91 Å². The highest BCUT2D eigenvalue weighted by molar-refractivity contribution is 8.19. The number of carbonyl (C=O) groups is 1. The first-order valence-electron chi connectivity index (χ1n) is 10.4. The van der Waals surface area contributed by atoms with Gasteiger partial charge in [-0.1, -0.05) is 24.3 Å². The number of benzene rings is 2. The zero-order valence-corrected chi connectivity index (χ0v) is 18.1. The first kappa shape index (κ1) is 19.3. The average Bonchev–Trinajstić information content (AvgIpc) is 3.46. The predicted molar refractivity (Wildman–Crippen MR) is 121 cm³/mol. The van der Waals surface area contributed by atoms with Crippen LogP contribution >= 0.6 is 23.5 Å². The lowest BCUT2D eigenvalue weighted by Crippen LogP contribution is -2.48. The molecule has 152 valence electrons. The second kappa shape index (κ2) is 8.62. The molecule has 2 saturated heterocycles. The number of ether oxygens (including phenoxy) is 1. The Hall–Kier alpha value is -1.63. The van der Waals surface area contributed by atoms with E-state index in [0.717, 1.165) is 57.1 Å². The number of carbonyl (C=O) groups excluding carboxylic acids is 1. The quantitative estimate of drug-likeness (QED) is 0.736. The van der Waals surface area contributed by atoms with Crippen molar-refractivity contribution in [2.24, 2.45) is 0 Å². The molecule has 29 heavy (non-hydrogen) atoms. The highest BCUT2D eigenvalue weighted by atomic mass is 32.2. The van der Waals surface area contributed by atoms with Gasteiger partial charge in [0.15, 0.2) is 0 Å². The normalized spacial score (nSPS) is 19.9. The summed E-state index contributed by atoms with van der Waals surface area (Å²) >= 11 is 4.00. The van der Waals surface area contributed by atoms with Crippen LogP contribution in [0.25, 0.3) is 0 Å². The van der Waals surface area contributed by atoms with Crippen LogP contribution < -0.4 is 4.74 Å². The molecule has 0 radical (unpaired) electrons. The van der Waals surface area contributed by atoms with Crippen molar-refractivity contribution in [2.45, 2.75) is 17.5 Å². The number of piperazine rings is 1. The van der Waals surface area contributed by atoms with Gasteiger partial charge in [0, 0.05) is 56.2 Å². The van der Waals surface area contributed by atoms with Crippen LogP contribution in [0.15, 0.2) is 42.5 Å². The van der Waals surface area contributed by atoms with E-state index < -0.39 is 0 Å². The Balaban J connectivity index is 1.15. The van der Waals surface area contributed by atoms with Gasteiger partial charge >= 0.3 is 0 Å². The van der Waals surface area contributed by atoms with E-state index >= 15 is 0 Å². The van der Waals surface area contributed by atoms with Gasteiger partial charge < -0.3 is 9.64 Å². The van der Waals surface area contributed by atoms with E-state index in [0.29, 0.717) is 4.58 Å². The maximum absolute atomic E-state index is 12.9. The Morgan fingerprint density at radius 3 is 2.52 bits per heavy atom. The second-order valence-corrected chi connectivity index (χ2v) is 10.5. The first-order chi connectivity index (χ1) is 14.3. The summed E-state index contributed by atoms with van der Waals surface area (Å²) in [4.78, 5) is 17.4. The molecule has 2 fully saturated rings. The van der Waals surface area contributed by atoms with E-state index in [2.05, 4.69) is 35.2 Å². The lowest BCUT2D eigenvalue weighted by Gasteiger charge is -2.35. The SMILES string of the molecule is O=C(c1ccc(C2SCCS2)cc1)N1CCN(Cc2ccc3c(c2)CCO3)CC1. The van der Waals surface area contributed by atoms with Crippen LogP contribution in [0.1, 0.15) is 31.6 Å². The number of nitrogens with zero attached hydrogens (tertiary/aromatic N) is 2. The topological polar surface area (TPSA) is 32.8 Å². The standard InChI is InChI=1S/C23H26N2O2S2/c26-22(18-2-4-19(5-3-18)23-28-13-14-29-23)25-10-8-24(9-11-25)16-17-1-6-21-20(15-17)7-12-27-21/h1-6,15,23H,7-14,16H2. The fraction of sp³-hybridized carbons (Fsp3) is 0.435. The van der Waals surface area contributed by atoms with Gasteiger partial charge in [-0.05, 0) is 34.9 Å². The summed E-state index contributed by atoms with van der Waals surface area (Å²) in [6.07, 6.45) is 1.02. The van der Waals surface area contributed by atoms with Gasteiger partial charge in [0.05, 0.1) is 11.2 Å². The van der Waals surface area contributed by atoms with Crippen molar-refractivity contribution in [3.63, 3.8) is 0 Å². The molecule has 0 N–H and O–H groups in total. The first-order valence-corrected chi connectivity index (χ1v) is 12.5. The number of hydrogen-bond acceptors (Lipinski definition) is 5. The summed E-state index contributed by atoms with van der Waals surface area (Å²) in [6.45, 7) is 5.19. The molecule has 0 spiro atoms. The zero-order chi connectivity index (χ0) is 19.6. The van der Waals surface area contributed by atoms with E-state index in [1.807, 2.05) is 40.6 Å². The molecule has 0 saturated carbocycles. The summed E-state index contributed by atoms with van der Waals surface area (Å²) in [6, 6.07) is 14.8. The molecular weight excluding hydrogens is 400 g/mol. The van der Waals surface area contributed by atoms with E-state index in [4.69, 9.17) is 4.74 Å². The lowest BCUT2D eigenvalue weighted by atomic mass is 10.1. The smallest absolute Gasteiger partial charge is 0.253 e. The van der Waals surface area contributed by atoms with Crippen LogP contribution in [-0.4, -0.2) is 60.0 Å². The van der Waals surface area contributed by atoms with Crippen molar-refractivity contribution in [2.75, 3.05) is 44.3 Å². The number of hydrogen-bond donors (Lipinski definition) is 0. The molecular formula is C23H26N2O2S2. The van der Waals surface area contributed by atoms with Crippen molar-refractivity contribution in [1.29, 1.82) is 0 Å². The van der Waals surface area contributed by atoms with E-state index in [9.17, 15) is 4.79 Å². The number of thioether (sulfide) groups is 2. The van der Waals surface area contributed by atoms with Gasteiger partial charge in [-0.25, -0.2) is 0 Å². The summed E-state index contributed by atoms with van der Waals surface area (Å²) in [5.74, 6) is 3.65. The highest BCUT2D eigenvalue weighted by Crippen LogP contribution is 2.45. The monoisotopic (exact) mass is 426 g/mol. The second-order valence-electron chi connectivity index (χ2n) is 7.80. The molecule has 2 aromatic rings. The van der Waals surface area contributed by atoms with Crippen molar-refractivity contribution in [3.05, 3.63) is 64.7 Å². The minimum Gasteiger partial charge on any atom is -0.493 e. The molecule has 0 atom stereocenters. The molecule has 5 rings (SSSR count). The third-order valence-corrected chi connectivity index (χ3v) is 8.98. The van der Waals surface area contributed by atoms with Gasteiger partial charge in [-0.3, -0.25) is 9.69 Å². The Labute approximate surface area is 181 Å². The van der Waals surface area contributed by atoms with Crippen molar-refractivity contribution >= 4 is 29.4 Å². The van der Waals surface area contributed by atoms with Crippen LogP contribution in [0, 0.1) is 0 Å². The fourth-order valence-corrected chi connectivity index (χ4v) is 7.08. The summed E-state index contributed by atoms with van der Waals surface area (Å²) < 4.78 is 6.14. The van der Waals surface area contributed by atoms with Gasteiger partial charge in [-0.2, -0.15) is 0 Å². The molecule has 6 heteroatoms. The largest absolute Gasteiger partial charge is 0.493 e. The van der Waals surface area contributed by atoms with Crippen molar-refractivity contribution < 1.29 is 9.53 Å². The summed E-state index contributed by atoms with van der Waals surface area (Å²) in [7, 11) is 0. The Morgan fingerprint density at radius 2 is 1.76 bits per heavy atom. The summed E-state index contributed by atoms with van der Waals surface area (Å²) in [5.41, 5.74) is 4.81. The third kappa shape index (κ3) is 4.30. The average molecular weight is 427 g/mol. The van der Waals surface area contributed by atoms with E-state index in [1.54, 1.807) is 0 Å². The maximum atomic E-state index is 12.9. The van der Waals surface area contributed by atoms with Crippen LogP contribution in [-0.2, 0) is 13.0 Å². The maximum Gasteiger partial charge on any atom is 0.253 e. The van der Waals surface area contributed by atoms with E-state index in [1.165, 1.54) is 28.2 Å². The van der Waals surface area contributed by atoms with Crippen LogP contribution in [0.2, 0.25) is 0 Å². The van der Waals surface area contributed by atoms with Crippen molar-refractivity contribution in [1.82, 2.24) is 9.80 Å². The molecule has 3 heterocycles. The number of amides is 1.